The van der Waals surface area contributed by atoms with E-state index >= 15 is 0 Å². The van der Waals surface area contributed by atoms with Crippen molar-refractivity contribution in [3.8, 4) is 5.88 Å². The van der Waals surface area contributed by atoms with Crippen LogP contribution in [0.15, 0.2) is 22.7 Å². The van der Waals surface area contributed by atoms with Gasteiger partial charge in [-0.2, -0.15) is 0 Å². The monoisotopic (exact) mass is 266 g/mol. The van der Waals surface area contributed by atoms with E-state index in [9.17, 15) is 9.59 Å². The van der Waals surface area contributed by atoms with Crippen molar-refractivity contribution < 1.29 is 24.0 Å². The third-order valence-electron chi connectivity index (χ3n) is 2.70. The highest BCUT2D eigenvalue weighted by Crippen LogP contribution is 2.17. The molecule has 2 atom stereocenters. The molecular formula is C12H14N2O5. The number of carboxylic acid groups (broad SMARTS) is 1. The van der Waals surface area contributed by atoms with Crippen LogP contribution < -0.4 is 10.1 Å². The quantitative estimate of drug-likeness (QED) is 0.753. The third-order valence-corrected chi connectivity index (χ3v) is 2.70. The van der Waals surface area contributed by atoms with Gasteiger partial charge >= 0.3 is 5.97 Å². The number of carboxylic acids is 1. The lowest BCUT2D eigenvalue weighted by molar-refractivity contribution is -0.140. The minimum Gasteiger partial charge on any atom is -0.481 e. The predicted octanol–water partition coefficient (Wildman–Crippen LogP) is 0.507. The van der Waals surface area contributed by atoms with Crippen LogP contribution in [0.2, 0.25) is 0 Å². The number of aromatic nitrogens is 1. The molecule has 7 heteroatoms. The number of amides is 1. The number of rotatable bonds is 5. The third kappa shape index (κ3) is 3.57. The van der Waals surface area contributed by atoms with E-state index in [1.165, 1.54) is 0 Å². The summed E-state index contributed by atoms with van der Waals surface area (Å²) in [6.45, 7) is 1.53. The standard InChI is InChI=1S/C12H14N2O5/c1-7-4-11(14-19-7)18-6-10(15)13-9-3-2-8(5-9)12(16)17/h2-4,8-9H,5-6H2,1H3,(H,13,15)(H,16,17). The first-order valence-corrected chi connectivity index (χ1v) is 5.81. The lowest BCUT2D eigenvalue weighted by Crippen LogP contribution is -2.36. The molecule has 19 heavy (non-hydrogen) atoms. The molecule has 1 aromatic heterocycles. The van der Waals surface area contributed by atoms with Crippen LogP contribution in [0.3, 0.4) is 0 Å². The van der Waals surface area contributed by atoms with Crippen molar-refractivity contribution in [1.29, 1.82) is 0 Å². The lowest BCUT2D eigenvalue weighted by atomic mass is 10.1. The van der Waals surface area contributed by atoms with Crippen molar-refractivity contribution in [2.24, 2.45) is 5.92 Å². The van der Waals surface area contributed by atoms with E-state index in [1.54, 1.807) is 25.1 Å². The van der Waals surface area contributed by atoms with E-state index in [1.807, 2.05) is 0 Å². The largest absolute Gasteiger partial charge is 0.481 e. The minimum absolute atomic E-state index is 0.186. The van der Waals surface area contributed by atoms with Crippen LogP contribution in [0.4, 0.5) is 0 Å². The van der Waals surface area contributed by atoms with Gasteiger partial charge in [0.15, 0.2) is 6.61 Å². The Kier molecular flexibility index (Phi) is 3.84. The van der Waals surface area contributed by atoms with Gasteiger partial charge in [-0.15, -0.1) is 0 Å². The maximum Gasteiger partial charge on any atom is 0.310 e. The molecule has 2 unspecified atom stereocenters. The van der Waals surface area contributed by atoms with Crippen LogP contribution in [0, 0.1) is 12.8 Å². The molecule has 2 N–H and O–H groups in total. The number of carbonyl (C=O) groups is 2. The predicted molar refractivity (Wildman–Crippen MR) is 63.5 cm³/mol. The lowest BCUT2D eigenvalue weighted by Gasteiger charge is -2.11. The summed E-state index contributed by atoms with van der Waals surface area (Å²) in [6.07, 6.45) is 3.62. The van der Waals surface area contributed by atoms with Gasteiger partial charge < -0.3 is 19.7 Å². The Morgan fingerprint density at radius 2 is 2.37 bits per heavy atom. The number of nitrogens with zero attached hydrogens (tertiary/aromatic N) is 1. The molecule has 1 aliphatic carbocycles. The number of carbonyl (C=O) groups excluding carboxylic acids is 1. The highest BCUT2D eigenvalue weighted by Gasteiger charge is 2.25. The van der Waals surface area contributed by atoms with Gasteiger partial charge in [0.05, 0.1) is 5.92 Å². The van der Waals surface area contributed by atoms with Crippen LogP contribution in [0.5, 0.6) is 5.88 Å². The molecule has 0 spiro atoms. The van der Waals surface area contributed by atoms with Crippen LogP contribution in [0.1, 0.15) is 12.2 Å². The van der Waals surface area contributed by atoms with Crippen molar-refractivity contribution in [2.45, 2.75) is 19.4 Å². The summed E-state index contributed by atoms with van der Waals surface area (Å²) in [7, 11) is 0. The average molecular weight is 266 g/mol. The number of ether oxygens (including phenoxy) is 1. The molecule has 0 fully saturated rings. The molecule has 1 aliphatic rings. The van der Waals surface area contributed by atoms with E-state index in [2.05, 4.69) is 10.5 Å². The van der Waals surface area contributed by atoms with Gasteiger partial charge in [-0.1, -0.05) is 12.2 Å². The van der Waals surface area contributed by atoms with Crippen molar-refractivity contribution in [3.05, 3.63) is 24.0 Å². The molecule has 7 nitrogen and oxygen atoms in total. The minimum atomic E-state index is -0.887. The molecule has 1 amide bonds. The van der Waals surface area contributed by atoms with E-state index < -0.39 is 11.9 Å². The molecule has 0 bridgehead atoms. The van der Waals surface area contributed by atoms with Crippen molar-refractivity contribution in [1.82, 2.24) is 10.5 Å². The Morgan fingerprint density at radius 1 is 1.58 bits per heavy atom. The Labute approximate surface area is 109 Å². The zero-order valence-electron chi connectivity index (χ0n) is 10.3. The van der Waals surface area contributed by atoms with Crippen molar-refractivity contribution >= 4 is 11.9 Å². The number of aliphatic carboxylic acids is 1. The van der Waals surface area contributed by atoms with Crippen LogP contribution in [-0.2, 0) is 9.59 Å². The van der Waals surface area contributed by atoms with Gasteiger partial charge in [-0.05, 0) is 18.5 Å². The summed E-state index contributed by atoms with van der Waals surface area (Å²) in [4.78, 5) is 22.3. The molecule has 0 aromatic carbocycles. The fourth-order valence-corrected chi connectivity index (χ4v) is 1.79. The Bertz CT molecular complexity index is 508. The molecule has 1 aromatic rings. The van der Waals surface area contributed by atoms with Gasteiger partial charge in [0.2, 0.25) is 0 Å². The van der Waals surface area contributed by atoms with Crippen LogP contribution in [0.25, 0.3) is 0 Å². The van der Waals surface area contributed by atoms with Gasteiger partial charge in [0.25, 0.3) is 11.8 Å². The second kappa shape index (κ2) is 5.55. The van der Waals surface area contributed by atoms with Gasteiger partial charge in [0, 0.05) is 12.1 Å². The highest BCUT2D eigenvalue weighted by atomic mass is 16.5. The molecular weight excluding hydrogens is 252 g/mol. The molecule has 1 heterocycles. The van der Waals surface area contributed by atoms with Gasteiger partial charge in [0.1, 0.15) is 5.76 Å². The van der Waals surface area contributed by atoms with E-state index in [0.717, 1.165) is 0 Å². The zero-order valence-corrected chi connectivity index (χ0v) is 10.3. The molecule has 102 valence electrons. The maximum atomic E-state index is 11.6. The van der Waals surface area contributed by atoms with E-state index in [4.69, 9.17) is 14.4 Å². The molecule has 0 saturated carbocycles. The summed E-state index contributed by atoms with van der Waals surface area (Å²) in [6, 6.07) is 1.31. The molecule has 0 saturated heterocycles. The van der Waals surface area contributed by atoms with Crippen molar-refractivity contribution in [3.63, 3.8) is 0 Å². The number of hydrogen-bond acceptors (Lipinski definition) is 5. The number of nitrogens with one attached hydrogen (secondary N) is 1. The smallest absolute Gasteiger partial charge is 0.310 e. The zero-order chi connectivity index (χ0) is 13.8. The summed E-state index contributed by atoms with van der Waals surface area (Å²) in [5.74, 6) is -0.912. The first kappa shape index (κ1) is 13.1. The van der Waals surface area contributed by atoms with Crippen LogP contribution in [-0.4, -0.2) is 34.8 Å². The Morgan fingerprint density at radius 3 is 2.95 bits per heavy atom. The normalized spacial score (nSPS) is 21.3. The van der Waals surface area contributed by atoms with Gasteiger partial charge in [-0.3, -0.25) is 9.59 Å². The van der Waals surface area contributed by atoms with Gasteiger partial charge in [-0.25, -0.2) is 0 Å². The fraction of sp³-hybridized carbons (Fsp3) is 0.417. The first-order valence-electron chi connectivity index (χ1n) is 5.81. The topological polar surface area (TPSA) is 102 Å². The second-order valence-corrected chi connectivity index (χ2v) is 4.30. The Hall–Kier alpha value is -2.31. The molecule has 2 rings (SSSR count). The van der Waals surface area contributed by atoms with E-state index in [0.29, 0.717) is 12.2 Å². The second-order valence-electron chi connectivity index (χ2n) is 4.30. The maximum absolute atomic E-state index is 11.6. The molecule has 0 radical (unpaired) electrons. The SMILES string of the molecule is Cc1cc(OCC(=O)NC2C=CC(C(=O)O)C2)no1. The Balaban J connectivity index is 1.74. The highest BCUT2D eigenvalue weighted by molar-refractivity contribution is 5.79. The fourth-order valence-electron chi connectivity index (χ4n) is 1.79. The van der Waals surface area contributed by atoms with E-state index in [-0.39, 0.29) is 24.4 Å². The first-order chi connectivity index (χ1) is 9.04. The summed E-state index contributed by atoms with van der Waals surface area (Å²) in [5.41, 5.74) is 0. The number of hydrogen-bond donors (Lipinski definition) is 2. The number of aryl methyl sites for hydroxylation is 1. The summed E-state index contributed by atoms with van der Waals surface area (Å²) < 4.78 is 9.90. The molecule has 0 aliphatic heterocycles. The summed E-state index contributed by atoms with van der Waals surface area (Å²) >= 11 is 0. The summed E-state index contributed by atoms with van der Waals surface area (Å²) in [5, 5.41) is 15.1. The van der Waals surface area contributed by atoms with Crippen molar-refractivity contribution in [2.75, 3.05) is 6.61 Å². The average Bonchev–Trinajstić information content (AvgIpc) is 2.96. The van der Waals surface area contributed by atoms with Crippen LogP contribution >= 0.6 is 0 Å².